The molecule has 14 heavy (non-hydrogen) atoms. The SMILES string of the molecule is N#Cc1c(Cl)nsc1NC1CC1CO. The normalized spacial score (nSPS) is 24.4. The second kappa shape index (κ2) is 3.73. The summed E-state index contributed by atoms with van der Waals surface area (Å²) in [5.41, 5.74) is 0.403. The van der Waals surface area contributed by atoms with Gasteiger partial charge in [0.05, 0.1) is 0 Å². The average Bonchev–Trinajstić information content (AvgIpc) is 2.84. The summed E-state index contributed by atoms with van der Waals surface area (Å²) in [7, 11) is 0. The van der Waals surface area contributed by atoms with Crippen molar-refractivity contribution in [3.8, 4) is 6.07 Å². The minimum Gasteiger partial charge on any atom is -0.396 e. The number of halogens is 1. The Balaban J connectivity index is 2.07. The summed E-state index contributed by atoms with van der Waals surface area (Å²) >= 11 is 6.89. The fraction of sp³-hybridized carbons (Fsp3) is 0.500. The van der Waals surface area contributed by atoms with Crippen LogP contribution in [-0.4, -0.2) is 22.1 Å². The lowest BCUT2D eigenvalue weighted by molar-refractivity contribution is 0.275. The van der Waals surface area contributed by atoms with Gasteiger partial charge in [0, 0.05) is 18.6 Å². The van der Waals surface area contributed by atoms with Gasteiger partial charge in [0.25, 0.3) is 0 Å². The van der Waals surface area contributed by atoms with Crippen molar-refractivity contribution in [2.45, 2.75) is 12.5 Å². The van der Waals surface area contributed by atoms with E-state index in [1.807, 2.05) is 6.07 Å². The lowest BCUT2D eigenvalue weighted by Crippen LogP contribution is -2.05. The standard InChI is InChI=1S/C8H8ClN3OS/c9-7-5(2-10)8(14-12-7)11-6-1-4(6)3-13/h4,6,11,13H,1,3H2. The van der Waals surface area contributed by atoms with Crippen LogP contribution in [0.4, 0.5) is 5.00 Å². The highest BCUT2D eigenvalue weighted by atomic mass is 35.5. The van der Waals surface area contributed by atoms with Crippen LogP contribution in [0.5, 0.6) is 0 Å². The van der Waals surface area contributed by atoms with Crippen molar-refractivity contribution < 1.29 is 5.11 Å². The highest BCUT2D eigenvalue weighted by molar-refractivity contribution is 7.10. The third-order valence-electron chi connectivity index (χ3n) is 2.24. The highest BCUT2D eigenvalue weighted by Gasteiger charge is 2.37. The van der Waals surface area contributed by atoms with Crippen LogP contribution >= 0.6 is 23.1 Å². The molecular weight excluding hydrogens is 222 g/mol. The summed E-state index contributed by atoms with van der Waals surface area (Å²) in [5, 5.41) is 21.7. The van der Waals surface area contributed by atoms with E-state index < -0.39 is 0 Å². The third kappa shape index (κ3) is 1.69. The summed E-state index contributed by atoms with van der Waals surface area (Å²) < 4.78 is 3.88. The number of hydrogen-bond acceptors (Lipinski definition) is 5. The van der Waals surface area contributed by atoms with Gasteiger partial charge in [-0.05, 0) is 18.0 Å². The van der Waals surface area contributed by atoms with Crippen molar-refractivity contribution in [2.75, 3.05) is 11.9 Å². The van der Waals surface area contributed by atoms with Gasteiger partial charge in [0.15, 0.2) is 5.15 Å². The van der Waals surface area contributed by atoms with Crippen LogP contribution in [0.15, 0.2) is 0 Å². The number of anilines is 1. The lowest BCUT2D eigenvalue weighted by Gasteiger charge is -2.00. The van der Waals surface area contributed by atoms with Gasteiger partial charge < -0.3 is 10.4 Å². The van der Waals surface area contributed by atoms with E-state index in [0.29, 0.717) is 16.5 Å². The van der Waals surface area contributed by atoms with Crippen molar-refractivity contribution in [3.63, 3.8) is 0 Å². The third-order valence-corrected chi connectivity index (χ3v) is 3.39. The van der Waals surface area contributed by atoms with Crippen LogP contribution in [-0.2, 0) is 0 Å². The molecule has 74 valence electrons. The van der Waals surface area contributed by atoms with E-state index in [0.717, 1.165) is 6.42 Å². The summed E-state index contributed by atoms with van der Waals surface area (Å²) in [5.74, 6) is 0.308. The summed E-state index contributed by atoms with van der Waals surface area (Å²) in [4.78, 5) is 0. The van der Waals surface area contributed by atoms with E-state index in [1.54, 1.807) is 0 Å². The monoisotopic (exact) mass is 229 g/mol. The molecule has 1 saturated carbocycles. The van der Waals surface area contributed by atoms with Crippen molar-refractivity contribution in [1.82, 2.24) is 4.37 Å². The molecule has 1 aromatic rings. The van der Waals surface area contributed by atoms with Crippen LogP contribution < -0.4 is 5.32 Å². The molecule has 6 heteroatoms. The Kier molecular flexibility index (Phi) is 2.59. The maximum atomic E-state index is 8.84. The fourth-order valence-electron chi connectivity index (χ4n) is 1.26. The Morgan fingerprint density at radius 2 is 2.57 bits per heavy atom. The maximum Gasteiger partial charge on any atom is 0.162 e. The first-order valence-electron chi connectivity index (χ1n) is 4.19. The Morgan fingerprint density at radius 3 is 3.14 bits per heavy atom. The topological polar surface area (TPSA) is 68.9 Å². The molecule has 1 aliphatic carbocycles. The molecule has 0 bridgehead atoms. The Bertz CT molecular complexity index is 386. The van der Waals surface area contributed by atoms with E-state index in [4.69, 9.17) is 22.0 Å². The van der Waals surface area contributed by atoms with Crippen molar-refractivity contribution in [1.29, 1.82) is 5.26 Å². The molecule has 0 aliphatic heterocycles. The molecular formula is C8H8ClN3OS. The molecule has 0 aromatic carbocycles. The number of hydrogen-bond donors (Lipinski definition) is 2. The maximum absolute atomic E-state index is 8.84. The molecule has 1 fully saturated rings. The van der Waals surface area contributed by atoms with Gasteiger partial charge in [-0.3, -0.25) is 0 Å². The molecule has 2 N–H and O–H groups in total. The van der Waals surface area contributed by atoms with Crippen LogP contribution in [0.3, 0.4) is 0 Å². The van der Waals surface area contributed by atoms with Gasteiger partial charge >= 0.3 is 0 Å². The van der Waals surface area contributed by atoms with Crippen molar-refractivity contribution >= 4 is 28.1 Å². The Hall–Kier alpha value is -0.830. The zero-order valence-electron chi connectivity index (χ0n) is 7.20. The van der Waals surface area contributed by atoms with Gasteiger partial charge in [-0.1, -0.05) is 11.6 Å². The molecule has 2 atom stereocenters. The van der Waals surface area contributed by atoms with Gasteiger partial charge in [-0.15, -0.1) is 0 Å². The summed E-state index contributed by atoms with van der Waals surface area (Å²) in [6.07, 6.45) is 0.941. The van der Waals surface area contributed by atoms with E-state index in [9.17, 15) is 0 Å². The van der Waals surface area contributed by atoms with E-state index in [-0.39, 0.29) is 17.8 Å². The molecule has 0 saturated heterocycles. The van der Waals surface area contributed by atoms with E-state index in [2.05, 4.69) is 9.69 Å². The number of nitrogens with zero attached hydrogens (tertiary/aromatic N) is 2. The first-order valence-corrected chi connectivity index (χ1v) is 5.34. The molecule has 4 nitrogen and oxygen atoms in total. The minimum atomic E-state index is 0.187. The van der Waals surface area contributed by atoms with Crippen molar-refractivity contribution in [2.24, 2.45) is 5.92 Å². The molecule has 1 heterocycles. The van der Waals surface area contributed by atoms with Crippen LogP contribution in [0.1, 0.15) is 12.0 Å². The van der Waals surface area contributed by atoms with Crippen LogP contribution in [0, 0.1) is 17.2 Å². The van der Waals surface area contributed by atoms with Gasteiger partial charge in [0.2, 0.25) is 0 Å². The summed E-state index contributed by atoms with van der Waals surface area (Å²) in [6.45, 7) is 0.187. The molecule has 0 amide bonds. The second-order valence-corrected chi connectivity index (χ2v) is 4.35. The van der Waals surface area contributed by atoms with Gasteiger partial charge in [-0.2, -0.15) is 9.64 Å². The number of nitrogens with one attached hydrogen (secondary N) is 1. The second-order valence-electron chi connectivity index (χ2n) is 3.22. The number of aromatic nitrogens is 1. The highest BCUT2D eigenvalue weighted by Crippen LogP contribution is 2.36. The predicted molar refractivity (Wildman–Crippen MR) is 54.4 cm³/mol. The molecule has 0 radical (unpaired) electrons. The Labute approximate surface area is 90.3 Å². The molecule has 1 aromatic heterocycles. The average molecular weight is 230 g/mol. The fourth-order valence-corrected chi connectivity index (χ4v) is 2.26. The van der Waals surface area contributed by atoms with Crippen LogP contribution in [0.25, 0.3) is 0 Å². The van der Waals surface area contributed by atoms with Gasteiger partial charge in [-0.25, -0.2) is 0 Å². The quantitative estimate of drug-likeness (QED) is 0.824. The number of aliphatic hydroxyl groups is 1. The zero-order valence-corrected chi connectivity index (χ0v) is 8.77. The predicted octanol–water partition coefficient (Wildman–Crippen LogP) is 1.46. The molecule has 2 rings (SSSR count). The van der Waals surface area contributed by atoms with Gasteiger partial charge in [0.1, 0.15) is 16.6 Å². The van der Waals surface area contributed by atoms with E-state index >= 15 is 0 Å². The molecule has 2 unspecified atom stereocenters. The number of aliphatic hydroxyl groups excluding tert-OH is 1. The number of nitriles is 1. The minimum absolute atomic E-state index is 0.187. The number of rotatable bonds is 3. The van der Waals surface area contributed by atoms with E-state index in [1.165, 1.54) is 11.5 Å². The van der Waals surface area contributed by atoms with Crippen molar-refractivity contribution in [3.05, 3.63) is 10.7 Å². The first kappa shape index (κ1) is 9.71. The molecule has 0 spiro atoms. The largest absolute Gasteiger partial charge is 0.396 e. The molecule has 1 aliphatic rings. The summed E-state index contributed by atoms with van der Waals surface area (Å²) in [6, 6.07) is 2.27. The van der Waals surface area contributed by atoms with Crippen LogP contribution in [0.2, 0.25) is 5.15 Å². The lowest BCUT2D eigenvalue weighted by atomic mass is 10.3. The first-order chi connectivity index (χ1) is 6.76. The Morgan fingerprint density at radius 1 is 1.79 bits per heavy atom. The smallest absolute Gasteiger partial charge is 0.162 e. The zero-order chi connectivity index (χ0) is 10.1.